The highest BCUT2D eigenvalue weighted by molar-refractivity contribution is 7.80. The van der Waals surface area contributed by atoms with Crippen molar-refractivity contribution in [3.63, 3.8) is 0 Å². The summed E-state index contributed by atoms with van der Waals surface area (Å²) in [4.78, 5) is 4.16. The smallest absolute Gasteiger partial charge is 0.176 e. The minimum absolute atomic E-state index is 0.544. The van der Waals surface area contributed by atoms with Crippen LogP contribution in [0.4, 0.5) is 11.5 Å². The number of pyridine rings is 1. The quantitative estimate of drug-likeness (QED) is 0.807. The summed E-state index contributed by atoms with van der Waals surface area (Å²) in [5.41, 5.74) is 3.37. The van der Waals surface area contributed by atoms with Gasteiger partial charge in [-0.3, -0.25) is 0 Å². The lowest BCUT2D eigenvalue weighted by Gasteiger charge is -2.12. The average molecular weight is 257 g/mol. The fourth-order valence-corrected chi connectivity index (χ4v) is 1.79. The molecule has 0 radical (unpaired) electrons. The third-order valence-corrected chi connectivity index (χ3v) is 2.75. The molecule has 0 aliphatic rings. The van der Waals surface area contributed by atoms with E-state index in [9.17, 15) is 0 Å². The standard InChI is InChI=1S/C14H15N3S/c1-10-6-7-11(2)12(9-10)16-14(18)17-13-5-3-4-8-15-13/h3-9H,1-2H3,(H2,15,16,17,18). The van der Waals surface area contributed by atoms with Crippen LogP contribution in [0.3, 0.4) is 0 Å². The zero-order valence-electron chi connectivity index (χ0n) is 10.4. The van der Waals surface area contributed by atoms with Crippen LogP contribution < -0.4 is 10.6 Å². The second-order valence-corrected chi connectivity index (χ2v) is 4.52. The molecule has 2 aromatic rings. The Morgan fingerprint density at radius 2 is 1.94 bits per heavy atom. The van der Waals surface area contributed by atoms with E-state index in [-0.39, 0.29) is 0 Å². The predicted molar refractivity (Wildman–Crippen MR) is 80.0 cm³/mol. The van der Waals surface area contributed by atoms with Crippen LogP contribution in [-0.2, 0) is 0 Å². The van der Waals surface area contributed by atoms with Crippen molar-refractivity contribution in [3.8, 4) is 0 Å². The molecule has 0 saturated carbocycles. The summed E-state index contributed by atoms with van der Waals surface area (Å²) in [6, 6.07) is 11.9. The minimum Gasteiger partial charge on any atom is -0.332 e. The number of aromatic nitrogens is 1. The van der Waals surface area contributed by atoms with Gasteiger partial charge in [0.05, 0.1) is 0 Å². The van der Waals surface area contributed by atoms with Crippen molar-refractivity contribution < 1.29 is 0 Å². The van der Waals surface area contributed by atoms with Gasteiger partial charge in [-0.15, -0.1) is 0 Å². The second-order valence-electron chi connectivity index (χ2n) is 4.11. The summed E-state index contributed by atoms with van der Waals surface area (Å²) in [7, 11) is 0. The summed E-state index contributed by atoms with van der Waals surface area (Å²) in [5, 5.41) is 6.77. The summed E-state index contributed by atoms with van der Waals surface area (Å²) in [5.74, 6) is 0.736. The molecule has 0 aliphatic carbocycles. The van der Waals surface area contributed by atoms with E-state index in [0.29, 0.717) is 5.11 Å². The molecule has 0 atom stereocenters. The molecule has 1 aromatic carbocycles. The minimum atomic E-state index is 0.544. The van der Waals surface area contributed by atoms with Crippen LogP contribution in [0, 0.1) is 13.8 Å². The molecule has 0 amide bonds. The van der Waals surface area contributed by atoms with Gasteiger partial charge in [0.2, 0.25) is 0 Å². The lowest BCUT2D eigenvalue weighted by atomic mass is 10.1. The molecule has 2 N–H and O–H groups in total. The molecule has 0 aliphatic heterocycles. The third-order valence-electron chi connectivity index (χ3n) is 2.55. The maximum absolute atomic E-state index is 5.26. The SMILES string of the molecule is Cc1ccc(C)c(NC(=S)Nc2ccccn2)c1. The Kier molecular flexibility index (Phi) is 3.89. The van der Waals surface area contributed by atoms with Crippen molar-refractivity contribution in [2.75, 3.05) is 10.6 Å². The molecule has 18 heavy (non-hydrogen) atoms. The first-order chi connectivity index (χ1) is 8.65. The molecule has 2 rings (SSSR count). The van der Waals surface area contributed by atoms with Crippen LogP contribution in [0.5, 0.6) is 0 Å². The Hall–Kier alpha value is -1.94. The summed E-state index contributed by atoms with van der Waals surface area (Å²) in [6.45, 7) is 4.10. The Morgan fingerprint density at radius 3 is 2.67 bits per heavy atom. The maximum Gasteiger partial charge on any atom is 0.176 e. The molecule has 3 nitrogen and oxygen atoms in total. The van der Waals surface area contributed by atoms with Crippen LogP contribution in [0.15, 0.2) is 42.6 Å². The first-order valence-corrected chi connectivity index (χ1v) is 6.12. The normalized spacial score (nSPS) is 9.89. The van der Waals surface area contributed by atoms with E-state index in [1.165, 1.54) is 5.56 Å². The monoisotopic (exact) mass is 257 g/mol. The Balaban J connectivity index is 2.05. The molecular formula is C14H15N3S. The highest BCUT2D eigenvalue weighted by atomic mass is 32.1. The van der Waals surface area contributed by atoms with Crippen molar-refractivity contribution in [1.82, 2.24) is 4.98 Å². The van der Waals surface area contributed by atoms with Crippen molar-refractivity contribution in [1.29, 1.82) is 0 Å². The van der Waals surface area contributed by atoms with Gasteiger partial charge in [0.15, 0.2) is 5.11 Å². The number of thiocarbonyl (C=S) groups is 1. The van der Waals surface area contributed by atoms with Crippen LogP contribution >= 0.6 is 12.2 Å². The lowest BCUT2D eigenvalue weighted by Crippen LogP contribution is -2.20. The number of rotatable bonds is 2. The molecule has 0 bridgehead atoms. The van der Waals surface area contributed by atoms with E-state index >= 15 is 0 Å². The van der Waals surface area contributed by atoms with E-state index in [1.54, 1.807) is 6.20 Å². The second kappa shape index (κ2) is 5.60. The lowest BCUT2D eigenvalue weighted by molar-refractivity contribution is 1.32. The summed E-state index contributed by atoms with van der Waals surface area (Å²) < 4.78 is 0. The van der Waals surface area contributed by atoms with Crippen LogP contribution in [0.2, 0.25) is 0 Å². The molecule has 0 unspecified atom stereocenters. The Labute approximate surface area is 112 Å². The van der Waals surface area contributed by atoms with Crippen molar-refractivity contribution in [3.05, 3.63) is 53.7 Å². The number of nitrogens with one attached hydrogen (secondary N) is 2. The number of anilines is 2. The fourth-order valence-electron chi connectivity index (χ4n) is 1.58. The van der Waals surface area contributed by atoms with Gasteiger partial charge in [-0.2, -0.15) is 0 Å². The summed E-state index contributed by atoms with van der Waals surface area (Å²) >= 11 is 5.26. The van der Waals surface area contributed by atoms with Crippen molar-refractivity contribution >= 4 is 28.8 Å². The number of nitrogens with zero attached hydrogens (tertiary/aromatic N) is 1. The zero-order valence-corrected chi connectivity index (χ0v) is 11.2. The topological polar surface area (TPSA) is 37.0 Å². The average Bonchev–Trinajstić information content (AvgIpc) is 2.35. The van der Waals surface area contributed by atoms with E-state index in [4.69, 9.17) is 12.2 Å². The zero-order chi connectivity index (χ0) is 13.0. The number of aryl methyl sites for hydroxylation is 2. The molecule has 0 spiro atoms. The molecule has 0 saturated heterocycles. The first kappa shape index (κ1) is 12.5. The van der Waals surface area contributed by atoms with E-state index in [0.717, 1.165) is 17.1 Å². The highest BCUT2D eigenvalue weighted by Gasteiger charge is 2.02. The highest BCUT2D eigenvalue weighted by Crippen LogP contribution is 2.16. The number of benzene rings is 1. The Bertz CT molecular complexity index is 552. The molecule has 1 aromatic heterocycles. The summed E-state index contributed by atoms with van der Waals surface area (Å²) in [6.07, 6.45) is 1.73. The van der Waals surface area contributed by atoms with E-state index < -0.39 is 0 Å². The van der Waals surface area contributed by atoms with Crippen LogP contribution in [-0.4, -0.2) is 10.1 Å². The number of hydrogen-bond donors (Lipinski definition) is 2. The first-order valence-electron chi connectivity index (χ1n) is 5.71. The van der Waals surface area contributed by atoms with E-state index in [2.05, 4.69) is 40.7 Å². The maximum atomic E-state index is 5.26. The van der Waals surface area contributed by atoms with Crippen molar-refractivity contribution in [2.45, 2.75) is 13.8 Å². The van der Waals surface area contributed by atoms with Gasteiger partial charge in [0, 0.05) is 11.9 Å². The van der Waals surface area contributed by atoms with Gasteiger partial charge < -0.3 is 10.6 Å². The number of hydrogen-bond acceptors (Lipinski definition) is 2. The molecular weight excluding hydrogens is 242 g/mol. The van der Waals surface area contributed by atoms with Gasteiger partial charge >= 0.3 is 0 Å². The molecule has 1 heterocycles. The van der Waals surface area contributed by atoms with Crippen molar-refractivity contribution in [2.24, 2.45) is 0 Å². The Morgan fingerprint density at radius 1 is 1.11 bits per heavy atom. The van der Waals surface area contributed by atoms with Crippen LogP contribution in [0.25, 0.3) is 0 Å². The van der Waals surface area contributed by atoms with Gasteiger partial charge in [0.1, 0.15) is 5.82 Å². The van der Waals surface area contributed by atoms with Gasteiger partial charge in [-0.25, -0.2) is 4.98 Å². The molecule has 92 valence electrons. The van der Waals surface area contributed by atoms with Crippen LogP contribution in [0.1, 0.15) is 11.1 Å². The molecule has 0 fully saturated rings. The van der Waals surface area contributed by atoms with E-state index in [1.807, 2.05) is 25.1 Å². The largest absolute Gasteiger partial charge is 0.332 e. The van der Waals surface area contributed by atoms with Gasteiger partial charge in [-0.05, 0) is 55.4 Å². The predicted octanol–water partition coefficient (Wildman–Crippen LogP) is 3.51. The fraction of sp³-hybridized carbons (Fsp3) is 0.143. The molecule has 4 heteroatoms. The third kappa shape index (κ3) is 3.28. The van der Waals surface area contributed by atoms with Gasteiger partial charge in [0.25, 0.3) is 0 Å². The van der Waals surface area contributed by atoms with Gasteiger partial charge in [-0.1, -0.05) is 18.2 Å².